The largest absolute Gasteiger partial charge is 0.444 e. The zero-order valence-corrected chi connectivity index (χ0v) is 24.1. The molecule has 13 nitrogen and oxygen atoms in total. The van der Waals surface area contributed by atoms with Crippen LogP contribution in [0.25, 0.3) is 0 Å². The van der Waals surface area contributed by atoms with E-state index >= 15 is 0 Å². The molecule has 2 aromatic heterocycles. The average molecular weight is 547 g/mol. The van der Waals surface area contributed by atoms with Crippen LogP contribution in [0.4, 0.5) is 22.4 Å². The zero-order valence-electron chi connectivity index (χ0n) is 24.1. The van der Waals surface area contributed by atoms with Crippen molar-refractivity contribution in [2.24, 2.45) is 0 Å². The van der Waals surface area contributed by atoms with E-state index in [4.69, 9.17) is 19.4 Å². The number of carbonyl (C=O) groups excluding carboxylic acids is 1. The van der Waals surface area contributed by atoms with Crippen LogP contribution in [0.2, 0.25) is 0 Å². The fourth-order valence-corrected chi connectivity index (χ4v) is 4.16. The highest BCUT2D eigenvalue weighted by molar-refractivity contribution is 5.67. The van der Waals surface area contributed by atoms with Crippen LogP contribution in [-0.2, 0) is 22.6 Å². The van der Waals surface area contributed by atoms with E-state index in [0.717, 1.165) is 56.4 Å². The Morgan fingerprint density at radius 1 is 1.18 bits per heavy atom. The molecule has 0 unspecified atom stereocenters. The van der Waals surface area contributed by atoms with Gasteiger partial charge in [0.05, 0.1) is 26.0 Å². The van der Waals surface area contributed by atoms with Gasteiger partial charge in [-0.15, -0.1) is 5.10 Å². The maximum Gasteiger partial charge on any atom is 0.407 e. The Hall–Kier alpha value is -3.19. The van der Waals surface area contributed by atoms with Crippen molar-refractivity contribution in [3.63, 3.8) is 0 Å². The number of morpholine rings is 1. The van der Waals surface area contributed by atoms with Crippen LogP contribution in [0.3, 0.4) is 0 Å². The van der Waals surface area contributed by atoms with Crippen LogP contribution in [0.15, 0.2) is 12.3 Å². The number of ether oxygens (including phenoxy) is 2. The smallest absolute Gasteiger partial charge is 0.407 e. The van der Waals surface area contributed by atoms with E-state index in [0.29, 0.717) is 51.3 Å². The molecule has 0 atom stereocenters. The molecule has 4 heterocycles. The van der Waals surface area contributed by atoms with Gasteiger partial charge in [-0.05, 0) is 53.1 Å². The van der Waals surface area contributed by atoms with Crippen molar-refractivity contribution in [2.75, 3.05) is 61.5 Å². The normalized spacial score (nSPS) is 16.2. The fraction of sp³-hybridized carbons (Fsp3) is 0.731. The van der Waals surface area contributed by atoms with Gasteiger partial charge >= 0.3 is 6.09 Å². The van der Waals surface area contributed by atoms with E-state index in [2.05, 4.69) is 36.5 Å². The minimum atomic E-state index is -0.506. The van der Waals surface area contributed by atoms with Crippen molar-refractivity contribution in [1.82, 2.24) is 35.6 Å². The lowest BCUT2D eigenvalue weighted by Gasteiger charge is -2.29. The lowest BCUT2D eigenvalue weighted by atomic mass is 10.1. The van der Waals surface area contributed by atoms with Gasteiger partial charge in [0.2, 0.25) is 5.95 Å². The number of nitrogens with zero attached hydrogens (tertiary/aromatic N) is 6. The monoisotopic (exact) mass is 546 g/mol. The average Bonchev–Trinajstić information content (AvgIpc) is 3.39. The summed E-state index contributed by atoms with van der Waals surface area (Å²) >= 11 is 0. The van der Waals surface area contributed by atoms with Gasteiger partial charge in [0.25, 0.3) is 0 Å². The van der Waals surface area contributed by atoms with Gasteiger partial charge in [0, 0.05) is 38.3 Å². The third-order valence-electron chi connectivity index (χ3n) is 5.98. The molecule has 1 amide bonds. The molecule has 2 aliphatic rings. The summed E-state index contributed by atoms with van der Waals surface area (Å²) in [6, 6.07) is 2.42. The van der Waals surface area contributed by atoms with Crippen molar-refractivity contribution in [1.29, 1.82) is 0 Å². The van der Waals surface area contributed by atoms with Crippen LogP contribution < -0.4 is 26.2 Å². The first kappa shape index (κ1) is 30.4. The lowest BCUT2D eigenvalue weighted by Crippen LogP contribution is -2.37. The first-order chi connectivity index (χ1) is 18.8. The van der Waals surface area contributed by atoms with Crippen molar-refractivity contribution in [2.45, 2.75) is 78.6 Å². The SMILES string of the molecule is CC.CC(C)(C)OC(=O)NCCCn1cc(CNc2nc(NC3CCNCC3)cc(N3CCOCC3)n2)nn1. The summed E-state index contributed by atoms with van der Waals surface area (Å²) in [6.07, 6.45) is 4.32. The van der Waals surface area contributed by atoms with E-state index in [1.807, 2.05) is 46.9 Å². The third-order valence-corrected chi connectivity index (χ3v) is 5.98. The summed E-state index contributed by atoms with van der Waals surface area (Å²) in [6.45, 7) is 16.1. The molecule has 2 aromatic rings. The van der Waals surface area contributed by atoms with Crippen LogP contribution in [0.1, 0.15) is 59.6 Å². The van der Waals surface area contributed by atoms with Gasteiger partial charge < -0.3 is 35.6 Å². The summed E-state index contributed by atoms with van der Waals surface area (Å²) in [5, 5.41) is 21.5. The predicted octanol–water partition coefficient (Wildman–Crippen LogP) is 2.62. The van der Waals surface area contributed by atoms with Gasteiger partial charge in [-0.1, -0.05) is 19.1 Å². The van der Waals surface area contributed by atoms with E-state index in [-0.39, 0.29) is 0 Å². The van der Waals surface area contributed by atoms with E-state index in [9.17, 15) is 4.79 Å². The number of hydrogen-bond acceptors (Lipinski definition) is 11. The molecule has 13 heteroatoms. The number of aromatic nitrogens is 5. The zero-order chi connectivity index (χ0) is 28.1. The molecule has 0 spiro atoms. The molecular weight excluding hydrogens is 500 g/mol. The molecule has 2 aliphatic heterocycles. The second kappa shape index (κ2) is 15.4. The molecule has 0 aliphatic carbocycles. The summed E-state index contributed by atoms with van der Waals surface area (Å²) in [7, 11) is 0. The number of anilines is 3. The van der Waals surface area contributed by atoms with Crippen molar-refractivity contribution in [3.8, 4) is 0 Å². The van der Waals surface area contributed by atoms with Gasteiger partial charge in [-0.25, -0.2) is 4.79 Å². The van der Waals surface area contributed by atoms with Crippen molar-refractivity contribution < 1.29 is 14.3 Å². The van der Waals surface area contributed by atoms with Crippen molar-refractivity contribution >= 4 is 23.7 Å². The van der Waals surface area contributed by atoms with Gasteiger partial charge in [-0.3, -0.25) is 4.68 Å². The van der Waals surface area contributed by atoms with Gasteiger partial charge in [-0.2, -0.15) is 9.97 Å². The summed E-state index contributed by atoms with van der Waals surface area (Å²) < 4.78 is 12.5. The number of piperidine rings is 1. The lowest BCUT2D eigenvalue weighted by molar-refractivity contribution is 0.0526. The van der Waals surface area contributed by atoms with Crippen LogP contribution in [0, 0.1) is 0 Å². The molecule has 218 valence electrons. The summed E-state index contributed by atoms with van der Waals surface area (Å²) in [5.41, 5.74) is 0.279. The molecule has 4 N–H and O–H groups in total. The Kier molecular flexibility index (Phi) is 12.0. The summed E-state index contributed by atoms with van der Waals surface area (Å²) in [5.74, 6) is 2.27. The molecule has 0 radical (unpaired) electrons. The topological polar surface area (TPSA) is 143 Å². The van der Waals surface area contributed by atoms with Crippen LogP contribution in [-0.4, -0.2) is 88.6 Å². The Morgan fingerprint density at radius 3 is 2.64 bits per heavy atom. The molecule has 0 aromatic carbocycles. The second-order valence-corrected chi connectivity index (χ2v) is 10.3. The maximum absolute atomic E-state index is 11.7. The number of aryl methyl sites for hydroxylation is 1. The van der Waals surface area contributed by atoms with E-state index in [1.165, 1.54) is 0 Å². The predicted molar refractivity (Wildman–Crippen MR) is 152 cm³/mol. The van der Waals surface area contributed by atoms with E-state index in [1.54, 1.807) is 4.68 Å². The Morgan fingerprint density at radius 2 is 1.92 bits per heavy atom. The fourth-order valence-electron chi connectivity index (χ4n) is 4.16. The molecule has 0 bridgehead atoms. The standard InChI is InChI=1S/C24H40N10O3.C2H6/c1-24(2,3)37-23(35)26-7-4-10-34-17-19(31-32-34)16-27-22-29-20(28-18-5-8-25-9-6-18)15-21(30-22)33-11-13-36-14-12-33;1-2/h15,17-18,25H,4-14,16H2,1-3H3,(H,26,35)(H2,27,28,29,30);1-2H3. The molecule has 2 fully saturated rings. The maximum atomic E-state index is 11.7. The number of hydrogen-bond donors (Lipinski definition) is 4. The Bertz CT molecular complexity index is 998. The highest BCUT2D eigenvalue weighted by Crippen LogP contribution is 2.21. The number of carbonyl (C=O) groups is 1. The van der Waals surface area contributed by atoms with Crippen LogP contribution >= 0.6 is 0 Å². The number of rotatable bonds is 10. The Balaban J connectivity index is 0.00000205. The van der Waals surface area contributed by atoms with Gasteiger partial charge in [0.1, 0.15) is 22.9 Å². The molecule has 4 rings (SSSR count). The number of amides is 1. The quantitative estimate of drug-likeness (QED) is 0.327. The second-order valence-electron chi connectivity index (χ2n) is 10.3. The van der Waals surface area contributed by atoms with E-state index < -0.39 is 11.7 Å². The van der Waals surface area contributed by atoms with Crippen LogP contribution in [0.5, 0.6) is 0 Å². The highest BCUT2D eigenvalue weighted by Gasteiger charge is 2.18. The summed E-state index contributed by atoms with van der Waals surface area (Å²) in [4.78, 5) is 23.5. The minimum absolute atomic E-state index is 0.395. The molecule has 0 saturated carbocycles. The third kappa shape index (κ3) is 10.8. The first-order valence-electron chi connectivity index (χ1n) is 14.1. The highest BCUT2D eigenvalue weighted by atomic mass is 16.6. The Labute approximate surface area is 231 Å². The van der Waals surface area contributed by atoms with Gasteiger partial charge in [0.15, 0.2) is 0 Å². The molecular formula is C26H46N10O3. The first-order valence-corrected chi connectivity index (χ1v) is 14.1. The molecule has 39 heavy (non-hydrogen) atoms. The molecule has 2 saturated heterocycles. The number of alkyl carbamates (subject to hydrolysis) is 1. The van der Waals surface area contributed by atoms with Crippen molar-refractivity contribution in [3.05, 3.63) is 18.0 Å². The number of nitrogens with one attached hydrogen (secondary N) is 4. The minimum Gasteiger partial charge on any atom is -0.444 e.